The second kappa shape index (κ2) is 7.05. The summed E-state index contributed by atoms with van der Waals surface area (Å²) in [5, 5.41) is 0. The van der Waals surface area contributed by atoms with Gasteiger partial charge < -0.3 is 9.72 Å². The van der Waals surface area contributed by atoms with Crippen molar-refractivity contribution < 1.29 is 14.3 Å². The van der Waals surface area contributed by atoms with E-state index in [4.69, 9.17) is 4.74 Å². The van der Waals surface area contributed by atoms with Crippen molar-refractivity contribution in [1.82, 2.24) is 15.8 Å². The molecule has 6 nitrogen and oxygen atoms in total. The highest BCUT2D eigenvalue weighted by molar-refractivity contribution is 9.10. The summed E-state index contributed by atoms with van der Waals surface area (Å²) in [6.45, 7) is 0.421. The number of aromatic nitrogens is 1. The maximum absolute atomic E-state index is 12.0. The van der Waals surface area contributed by atoms with Crippen LogP contribution in [0.4, 0.5) is 0 Å². The van der Waals surface area contributed by atoms with Gasteiger partial charge in [-0.3, -0.25) is 20.4 Å². The molecule has 3 N–H and O–H groups in total. The average molecular weight is 352 g/mol. The van der Waals surface area contributed by atoms with E-state index in [1.165, 1.54) is 0 Å². The van der Waals surface area contributed by atoms with Crippen LogP contribution in [0.3, 0.4) is 0 Å². The highest BCUT2D eigenvalue weighted by Gasteiger charge is 2.10. The van der Waals surface area contributed by atoms with Crippen LogP contribution in [0.1, 0.15) is 26.4 Å². The molecule has 110 valence electrons. The number of nitrogens with one attached hydrogen (secondary N) is 3. The molecule has 0 spiro atoms. The van der Waals surface area contributed by atoms with E-state index in [1.807, 2.05) is 6.07 Å². The van der Waals surface area contributed by atoms with E-state index in [1.54, 1.807) is 37.6 Å². The van der Waals surface area contributed by atoms with Gasteiger partial charge in [0, 0.05) is 23.3 Å². The van der Waals surface area contributed by atoms with Crippen LogP contribution in [0.2, 0.25) is 0 Å². The molecule has 0 radical (unpaired) electrons. The number of carbonyl (C=O) groups is 2. The molecule has 0 aliphatic rings. The zero-order valence-electron chi connectivity index (χ0n) is 11.3. The van der Waals surface area contributed by atoms with Gasteiger partial charge in [-0.05, 0) is 39.7 Å². The predicted octanol–water partition coefficient (Wildman–Crippen LogP) is 2.00. The Balaban J connectivity index is 1.95. The third kappa shape index (κ3) is 4.17. The van der Waals surface area contributed by atoms with Crippen molar-refractivity contribution >= 4 is 27.7 Å². The van der Waals surface area contributed by atoms with Crippen LogP contribution < -0.4 is 10.9 Å². The molecule has 1 aromatic carbocycles. The van der Waals surface area contributed by atoms with Crippen molar-refractivity contribution in [2.75, 3.05) is 7.11 Å². The Labute approximate surface area is 130 Å². The normalized spacial score (nSPS) is 10.2. The van der Waals surface area contributed by atoms with Gasteiger partial charge >= 0.3 is 0 Å². The zero-order chi connectivity index (χ0) is 15.2. The number of H-pyrrole nitrogens is 1. The number of hydrogen-bond donors (Lipinski definition) is 3. The molecule has 0 fully saturated rings. The molecular weight excluding hydrogens is 338 g/mol. The molecule has 0 bridgehead atoms. The van der Waals surface area contributed by atoms with Crippen molar-refractivity contribution in [3.05, 3.63) is 57.8 Å². The number of carbonyl (C=O) groups excluding carboxylic acids is 2. The molecule has 7 heteroatoms. The van der Waals surface area contributed by atoms with E-state index in [9.17, 15) is 9.59 Å². The molecule has 2 amide bonds. The molecule has 1 aromatic heterocycles. The number of rotatable bonds is 4. The van der Waals surface area contributed by atoms with Gasteiger partial charge in [-0.15, -0.1) is 0 Å². The Kier molecular flexibility index (Phi) is 5.13. The number of hydrazine groups is 1. The van der Waals surface area contributed by atoms with Gasteiger partial charge in [-0.25, -0.2) is 0 Å². The Hall–Kier alpha value is -2.12. The zero-order valence-corrected chi connectivity index (χ0v) is 12.9. The third-order valence-electron chi connectivity index (χ3n) is 2.68. The van der Waals surface area contributed by atoms with E-state index in [-0.39, 0.29) is 0 Å². The molecular formula is C14H14BrN3O3. The molecule has 0 saturated heterocycles. The van der Waals surface area contributed by atoms with Crippen LogP contribution in [0, 0.1) is 0 Å². The summed E-state index contributed by atoms with van der Waals surface area (Å²) < 4.78 is 5.77. The molecule has 0 atom stereocenters. The summed E-state index contributed by atoms with van der Waals surface area (Å²) in [4.78, 5) is 26.5. The predicted molar refractivity (Wildman–Crippen MR) is 80.6 cm³/mol. The Morgan fingerprint density at radius 3 is 2.67 bits per heavy atom. The summed E-state index contributed by atoms with van der Waals surface area (Å²) in [5.74, 6) is -0.825. The maximum atomic E-state index is 12.0. The Bertz CT molecular complexity index is 654. The molecule has 1 heterocycles. The first-order valence-electron chi connectivity index (χ1n) is 6.12. The lowest BCUT2D eigenvalue weighted by Crippen LogP contribution is -2.41. The fourth-order valence-corrected chi connectivity index (χ4v) is 2.06. The summed E-state index contributed by atoms with van der Waals surface area (Å²) in [6.07, 6.45) is 1.63. The highest BCUT2D eigenvalue weighted by Crippen LogP contribution is 2.10. The van der Waals surface area contributed by atoms with Crippen molar-refractivity contribution in [3.63, 3.8) is 0 Å². The molecule has 0 aliphatic carbocycles. The first-order valence-corrected chi connectivity index (χ1v) is 6.92. The fraction of sp³-hybridized carbons (Fsp3) is 0.143. The highest BCUT2D eigenvalue weighted by atomic mass is 79.9. The van der Waals surface area contributed by atoms with Gasteiger partial charge in [0.2, 0.25) is 0 Å². The van der Waals surface area contributed by atoms with Crippen molar-refractivity contribution in [3.8, 4) is 0 Å². The van der Waals surface area contributed by atoms with Crippen LogP contribution in [0.15, 0.2) is 41.0 Å². The van der Waals surface area contributed by atoms with E-state index in [0.717, 1.165) is 10.0 Å². The minimum Gasteiger partial charge on any atom is -0.380 e. The molecule has 2 aromatic rings. The summed E-state index contributed by atoms with van der Waals surface area (Å²) in [5.41, 5.74) is 6.37. The minimum absolute atomic E-state index is 0.343. The molecule has 0 saturated carbocycles. The number of benzene rings is 1. The van der Waals surface area contributed by atoms with E-state index >= 15 is 0 Å². The van der Waals surface area contributed by atoms with Crippen molar-refractivity contribution in [2.24, 2.45) is 0 Å². The van der Waals surface area contributed by atoms with Gasteiger partial charge in [0.25, 0.3) is 11.8 Å². The first kappa shape index (κ1) is 15.3. The summed E-state index contributed by atoms with van der Waals surface area (Å²) in [7, 11) is 1.58. The van der Waals surface area contributed by atoms with Gasteiger partial charge in [0.1, 0.15) is 5.69 Å². The molecule has 0 aliphatic heterocycles. The molecule has 0 unspecified atom stereocenters. The fourth-order valence-electron chi connectivity index (χ4n) is 1.72. The van der Waals surface area contributed by atoms with E-state index in [0.29, 0.717) is 17.9 Å². The largest absolute Gasteiger partial charge is 0.380 e. The second-order valence-electron chi connectivity index (χ2n) is 4.27. The van der Waals surface area contributed by atoms with E-state index < -0.39 is 11.8 Å². The minimum atomic E-state index is -0.429. The van der Waals surface area contributed by atoms with Crippen molar-refractivity contribution in [1.29, 1.82) is 0 Å². The quantitative estimate of drug-likeness (QED) is 0.736. The number of ether oxygens (including phenoxy) is 1. The number of methoxy groups -OCH3 is 1. The Morgan fingerprint density at radius 1 is 1.24 bits per heavy atom. The van der Waals surface area contributed by atoms with Crippen LogP contribution in [0.25, 0.3) is 0 Å². The first-order chi connectivity index (χ1) is 10.1. The number of hydrogen-bond acceptors (Lipinski definition) is 3. The monoisotopic (exact) mass is 351 g/mol. The lowest BCUT2D eigenvalue weighted by molar-refractivity contribution is 0.0844. The third-order valence-corrected chi connectivity index (χ3v) is 3.14. The standard InChI is InChI=1S/C14H14BrN3O3/c1-21-8-9-3-2-4-10(5-9)13(19)17-18-14(20)12-6-11(15)7-16-12/h2-7,16H,8H2,1H3,(H,17,19)(H,18,20). The smallest absolute Gasteiger partial charge is 0.286 e. The number of amides is 2. The lowest BCUT2D eigenvalue weighted by Gasteiger charge is -2.07. The summed E-state index contributed by atoms with van der Waals surface area (Å²) >= 11 is 3.23. The van der Waals surface area contributed by atoms with Gasteiger partial charge in [-0.2, -0.15) is 0 Å². The Morgan fingerprint density at radius 2 is 2.00 bits per heavy atom. The van der Waals surface area contributed by atoms with Crippen molar-refractivity contribution in [2.45, 2.75) is 6.61 Å². The number of halogens is 1. The van der Waals surface area contributed by atoms with Crippen LogP contribution in [-0.4, -0.2) is 23.9 Å². The molecule has 2 rings (SSSR count). The van der Waals surface area contributed by atoms with Gasteiger partial charge in [-0.1, -0.05) is 12.1 Å². The van der Waals surface area contributed by atoms with Crippen LogP contribution in [0.5, 0.6) is 0 Å². The number of aromatic amines is 1. The SMILES string of the molecule is COCc1cccc(C(=O)NNC(=O)c2cc(Br)c[nH]2)c1. The van der Waals surface area contributed by atoms with E-state index in [2.05, 4.69) is 31.8 Å². The summed E-state index contributed by atoms with van der Waals surface area (Å²) in [6, 6.07) is 8.59. The lowest BCUT2D eigenvalue weighted by atomic mass is 10.1. The second-order valence-corrected chi connectivity index (χ2v) is 5.19. The van der Waals surface area contributed by atoms with Gasteiger partial charge in [0.05, 0.1) is 6.61 Å². The van der Waals surface area contributed by atoms with Gasteiger partial charge in [0.15, 0.2) is 0 Å². The molecule has 21 heavy (non-hydrogen) atoms. The van der Waals surface area contributed by atoms with Crippen LogP contribution >= 0.6 is 15.9 Å². The topological polar surface area (TPSA) is 83.2 Å². The van der Waals surface area contributed by atoms with Crippen LogP contribution in [-0.2, 0) is 11.3 Å². The maximum Gasteiger partial charge on any atom is 0.286 e. The average Bonchev–Trinajstić information content (AvgIpc) is 2.92.